The summed E-state index contributed by atoms with van der Waals surface area (Å²) in [6.07, 6.45) is 8.14. The van der Waals surface area contributed by atoms with Crippen LogP contribution < -0.4 is 0 Å². The highest BCUT2D eigenvalue weighted by Gasteiger charge is 2.56. The van der Waals surface area contributed by atoms with Crippen LogP contribution in [0.1, 0.15) is 78.1 Å². The van der Waals surface area contributed by atoms with Gasteiger partial charge in [-0.2, -0.15) is 5.26 Å². The average molecular weight is 290 g/mol. The van der Waals surface area contributed by atoms with Gasteiger partial charge in [0, 0.05) is 6.42 Å². The van der Waals surface area contributed by atoms with Crippen LogP contribution in [-0.2, 0) is 9.59 Å². The SMILES string of the molecule is CCC1(CC)CC(=O)N(C2(C#N)CCCCCCC2)C1=O. The van der Waals surface area contributed by atoms with Crippen molar-refractivity contribution in [3.63, 3.8) is 0 Å². The fourth-order valence-electron chi connectivity index (χ4n) is 3.91. The highest BCUT2D eigenvalue weighted by atomic mass is 16.2. The maximum atomic E-state index is 12.9. The predicted octanol–water partition coefficient (Wildman–Crippen LogP) is 3.56. The molecule has 116 valence electrons. The van der Waals surface area contributed by atoms with Crippen LogP contribution in [0.5, 0.6) is 0 Å². The summed E-state index contributed by atoms with van der Waals surface area (Å²) in [6, 6.07) is 2.36. The second kappa shape index (κ2) is 6.17. The van der Waals surface area contributed by atoms with Gasteiger partial charge in [0.15, 0.2) is 0 Å². The number of hydrogen-bond donors (Lipinski definition) is 0. The Morgan fingerprint density at radius 3 is 2.00 bits per heavy atom. The highest BCUT2D eigenvalue weighted by Crippen LogP contribution is 2.44. The lowest BCUT2D eigenvalue weighted by Crippen LogP contribution is -2.52. The van der Waals surface area contributed by atoms with Gasteiger partial charge in [-0.25, -0.2) is 0 Å². The summed E-state index contributed by atoms with van der Waals surface area (Å²) in [7, 11) is 0. The molecule has 0 aromatic rings. The number of likely N-dealkylation sites (tertiary alicyclic amines) is 1. The normalized spacial score (nSPS) is 25.3. The molecule has 1 saturated carbocycles. The number of amides is 2. The molecule has 0 unspecified atom stereocenters. The number of carbonyl (C=O) groups is 2. The van der Waals surface area contributed by atoms with E-state index in [-0.39, 0.29) is 18.2 Å². The molecule has 4 heteroatoms. The largest absolute Gasteiger partial charge is 0.274 e. The lowest BCUT2D eigenvalue weighted by molar-refractivity contribution is -0.147. The zero-order valence-electron chi connectivity index (χ0n) is 13.3. The minimum atomic E-state index is -0.888. The van der Waals surface area contributed by atoms with Crippen molar-refractivity contribution in [2.75, 3.05) is 0 Å². The van der Waals surface area contributed by atoms with Crippen molar-refractivity contribution in [3.8, 4) is 6.07 Å². The van der Waals surface area contributed by atoms with Gasteiger partial charge in [0.2, 0.25) is 11.8 Å². The molecule has 0 atom stereocenters. The number of rotatable bonds is 3. The Morgan fingerprint density at radius 1 is 1.05 bits per heavy atom. The van der Waals surface area contributed by atoms with Gasteiger partial charge < -0.3 is 0 Å². The van der Waals surface area contributed by atoms with Crippen LogP contribution in [0.4, 0.5) is 0 Å². The van der Waals surface area contributed by atoms with E-state index in [1.807, 2.05) is 13.8 Å². The molecule has 0 aromatic heterocycles. The molecule has 1 saturated heterocycles. The zero-order chi connectivity index (χ0) is 15.5. The molecule has 1 heterocycles. The van der Waals surface area contributed by atoms with E-state index in [1.54, 1.807) is 0 Å². The monoisotopic (exact) mass is 290 g/mol. The van der Waals surface area contributed by atoms with Gasteiger partial charge >= 0.3 is 0 Å². The molecule has 4 nitrogen and oxygen atoms in total. The van der Waals surface area contributed by atoms with Crippen molar-refractivity contribution in [1.82, 2.24) is 4.90 Å². The molecule has 0 aromatic carbocycles. The lowest BCUT2D eigenvalue weighted by atomic mass is 9.80. The number of nitriles is 1. The quantitative estimate of drug-likeness (QED) is 0.747. The molecule has 21 heavy (non-hydrogen) atoms. The van der Waals surface area contributed by atoms with Gasteiger partial charge in [0.05, 0.1) is 11.5 Å². The Bertz CT molecular complexity index is 452. The average Bonchev–Trinajstić information content (AvgIpc) is 2.72. The molecular formula is C17H26N2O2. The summed E-state index contributed by atoms with van der Waals surface area (Å²) in [5.41, 5.74) is -1.45. The second-order valence-corrected chi connectivity index (χ2v) is 6.61. The number of nitrogens with zero attached hydrogens (tertiary/aromatic N) is 2. The highest BCUT2D eigenvalue weighted by molar-refractivity contribution is 6.07. The lowest BCUT2D eigenvalue weighted by Gasteiger charge is -2.37. The van der Waals surface area contributed by atoms with Crippen LogP contribution in [0.3, 0.4) is 0 Å². The molecule has 2 rings (SSSR count). The third kappa shape index (κ3) is 2.59. The Hall–Kier alpha value is -1.37. The molecule has 0 spiro atoms. The summed E-state index contributed by atoms with van der Waals surface area (Å²) < 4.78 is 0. The molecule has 2 amide bonds. The third-order valence-corrected chi connectivity index (χ3v) is 5.57. The van der Waals surface area contributed by atoms with Crippen LogP contribution in [0.15, 0.2) is 0 Å². The van der Waals surface area contributed by atoms with Crippen LogP contribution in [0.2, 0.25) is 0 Å². The van der Waals surface area contributed by atoms with Crippen molar-refractivity contribution in [2.45, 2.75) is 83.6 Å². The maximum Gasteiger partial charge on any atom is 0.237 e. The topological polar surface area (TPSA) is 61.2 Å². The van der Waals surface area contributed by atoms with E-state index < -0.39 is 11.0 Å². The maximum absolute atomic E-state index is 12.9. The molecule has 1 aliphatic heterocycles. The van der Waals surface area contributed by atoms with Gasteiger partial charge in [-0.05, 0) is 25.7 Å². The number of hydrogen-bond acceptors (Lipinski definition) is 3. The molecular weight excluding hydrogens is 264 g/mol. The molecule has 2 aliphatic rings. The molecule has 2 fully saturated rings. The third-order valence-electron chi connectivity index (χ3n) is 5.57. The standard InChI is InChI=1S/C17H26N2O2/c1-3-16(4-2)12-14(20)19(15(16)21)17(13-18)10-8-6-5-7-9-11-17/h3-12H2,1-2H3. The minimum absolute atomic E-state index is 0.0976. The van der Waals surface area contributed by atoms with E-state index in [2.05, 4.69) is 6.07 Å². The van der Waals surface area contributed by atoms with Gasteiger partial charge in [-0.3, -0.25) is 14.5 Å². The summed E-state index contributed by atoms with van der Waals surface area (Å²) in [4.78, 5) is 26.8. The first-order valence-corrected chi connectivity index (χ1v) is 8.34. The first kappa shape index (κ1) is 16.0. The Kier molecular flexibility index (Phi) is 4.70. The van der Waals surface area contributed by atoms with Gasteiger partial charge in [-0.1, -0.05) is 46.0 Å². The first-order valence-electron chi connectivity index (χ1n) is 8.34. The molecule has 0 radical (unpaired) electrons. The summed E-state index contributed by atoms with van der Waals surface area (Å²) in [6.45, 7) is 3.94. The van der Waals surface area contributed by atoms with Crippen molar-refractivity contribution in [3.05, 3.63) is 0 Å². The molecule has 0 N–H and O–H groups in total. The second-order valence-electron chi connectivity index (χ2n) is 6.61. The van der Waals surface area contributed by atoms with E-state index in [4.69, 9.17) is 0 Å². The van der Waals surface area contributed by atoms with E-state index in [1.165, 1.54) is 11.3 Å². The van der Waals surface area contributed by atoms with Crippen LogP contribution in [0.25, 0.3) is 0 Å². The summed E-state index contributed by atoms with van der Waals surface area (Å²) in [5.74, 6) is -0.231. The zero-order valence-corrected chi connectivity index (χ0v) is 13.3. The van der Waals surface area contributed by atoms with Crippen LogP contribution in [-0.4, -0.2) is 22.3 Å². The van der Waals surface area contributed by atoms with Crippen LogP contribution in [0, 0.1) is 16.7 Å². The fraction of sp³-hybridized carbons (Fsp3) is 0.824. The van der Waals surface area contributed by atoms with E-state index in [0.29, 0.717) is 25.7 Å². The van der Waals surface area contributed by atoms with Crippen molar-refractivity contribution >= 4 is 11.8 Å². The van der Waals surface area contributed by atoms with E-state index >= 15 is 0 Å². The first-order chi connectivity index (χ1) is 10.0. The summed E-state index contributed by atoms with van der Waals surface area (Å²) in [5, 5.41) is 9.77. The summed E-state index contributed by atoms with van der Waals surface area (Å²) >= 11 is 0. The Labute approximate surface area is 127 Å². The fourth-order valence-corrected chi connectivity index (χ4v) is 3.91. The number of carbonyl (C=O) groups excluding carboxylic acids is 2. The van der Waals surface area contributed by atoms with Crippen molar-refractivity contribution in [1.29, 1.82) is 5.26 Å². The van der Waals surface area contributed by atoms with E-state index in [9.17, 15) is 14.9 Å². The molecule has 1 aliphatic carbocycles. The Morgan fingerprint density at radius 2 is 1.57 bits per heavy atom. The van der Waals surface area contributed by atoms with Gasteiger partial charge in [0.25, 0.3) is 0 Å². The molecule has 0 bridgehead atoms. The minimum Gasteiger partial charge on any atom is -0.274 e. The van der Waals surface area contributed by atoms with Gasteiger partial charge in [0.1, 0.15) is 5.54 Å². The van der Waals surface area contributed by atoms with Crippen molar-refractivity contribution < 1.29 is 9.59 Å². The van der Waals surface area contributed by atoms with Crippen LogP contribution >= 0.6 is 0 Å². The van der Waals surface area contributed by atoms with Crippen molar-refractivity contribution in [2.24, 2.45) is 5.41 Å². The predicted molar refractivity (Wildman–Crippen MR) is 80.1 cm³/mol. The van der Waals surface area contributed by atoms with Gasteiger partial charge in [-0.15, -0.1) is 0 Å². The van der Waals surface area contributed by atoms with E-state index in [0.717, 1.165) is 25.7 Å². The Balaban J connectivity index is 2.35. The number of imide groups is 1. The smallest absolute Gasteiger partial charge is 0.237 e.